The molecule has 4 N–H and O–H groups in total. The SMILES string of the molecule is Nc1cc(CCNCCCO)ccc1OCc1ccccc1. The number of nitrogens with two attached hydrogens (primary N) is 1. The Balaban J connectivity index is 1.81. The van der Waals surface area contributed by atoms with Crippen LogP contribution >= 0.6 is 0 Å². The standard InChI is InChI=1S/C18H24N2O2/c19-17-13-15(9-11-20-10-4-12-21)7-8-18(17)22-14-16-5-2-1-3-6-16/h1-3,5-8,13,20-21H,4,9-12,14,19H2. The van der Waals surface area contributed by atoms with Crippen LogP contribution in [0.2, 0.25) is 0 Å². The summed E-state index contributed by atoms with van der Waals surface area (Å²) in [6.45, 7) is 2.47. The van der Waals surface area contributed by atoms with Gasteiger partial charge in [-0.1, -0.05) is 36.4 Å². The van der Waals surface area contributed by atoms with Gasteiger partial charge in [-0.15, -0.1) is 0 Å². The van der Waals surface area contributed by atoms with Crippen LogP contribution in [0.4, 0.5) is 5.69 Å². The molecule has 0 atom stereocenters. The van der Waals surface area contributed by atoms with Gasteiger partial charge in [0.2, 0.25) is 0 Å². The second kappa shape index (κ2) is 9.07. The smallest absolute Gasteiger partial charge is 0.142 e. The van der Waals surface area contributed by atoms with E-state index in [9.17, 15) is 0 Å². The van der Waals surface area contributed by atoms with E-state index in [0.717, 1.165) is 37.2 Å². The second-order valence-corrected chi connectivity index (χ2v) is 5.22. The molecule has 0 saturated heterocycles. The van der Waals surface area contributed by atoms with Crippen molar-refractivity contribution in [2.24, 2.45) is 0 Å². The molecule has 4 nitrogen and oxygen atoms in total. The first-order chi connectivity index (χ1) is 10.8. The van der Waals surface area contributed by atoms with Crippen molar-refractivity contribution in [1.82, 2.24) is 5.32 Å². The topological polar surface area (TPSA) is 67.5 Å². The zero-order chi connectivity index (χ0) is 15.6. The molecule has 2 aromatic carbocycles. The Morgan fingerprint density at radius 2 is 1.82 bits per heavy atom. The van der Waals surface area contributed by atoms with Gasteiger partial charge in [0.25, 0.3) is 0 Å². The molecule has 0 aliphatic rings. The average molecular weight is 300 g/mol. The molecule has 0 amide bonds. The average Bonchev–Trinajstić information content (AvgIpc) is 2.55. The molecule has 0 saturated carbocycles. The number of benzene rings is 2. The Hall–Kier alpha value is -2.04. The minimum atomic E-state index is 0.230. The maximum absolute atomic E-state index is 8.71. The monoisotopic (exact) mass is 300 g/mol. The Morgan fingerprint density at radius 3 is 2.55 bits per heavy atom. The molecule has 22 heavy (non-hydrogen) atoms. The number of hydrogen-bond acceptors (Lipinski definition) is 4. The van der Waals surface area contributed by atoms with E-state index in [0.29, 0.717) is 12.3 Å². The molecule has 0 aromatic heterocycles. The lowest BCUT2D eigenvalue weighted by Gasteiger charge is -2.11. The fourth-order valence-corrected chi connectivity index (χ4v) is 2.18. The van der Waals surface area contributed by atoms with Gasteiger partial charge in [-0.3, -0.25) is 0 Å². The molecule has 4 heteroatoms. The van der Waals surface area contributed by atoms with Crippen molar-refractivity contribution in [3.05, 3.63) is 59.7 Å². The largest absolute Gasteiger partial charge is 0.487 e. The normalized spacial score (nSPS) is 10.6. The van der Waals surface area contributed by atoms with Crippen LogP contribution in [0.1, 0.15) is 17.5 Å². The highest BCUT2D eigenvalue weighted by Crippen LogP contribution is 2.23. The number of rotatable bonds is 9. The summed E-state index contributed by atoms with van der Waals surface area (Å²) >= 11 is 0. The van der Waals surface area contributed by atoms with E-state index in [-0.39, 0.29) is 6.61 Å². The van der Waals surface area contributed by atoms with E-state index in [1.807, 2.05) is 48.5 Å². The van der Waals surface area contributed by atoms with Crippen molar-refractivity contribution in [3.63, 3.8) is 0 Å². The van der Waals surface area contributed by atoms with Crippen LogP contribution < -0.4 is 15.8 Å². The van der Waals surface area contributed by atoms with Gasteiger partial charge in [-0.05, 0) is 49.2 Å². The number of ether oxygens (including phenoxy) is 1. The van der Waals surface area contributed by atoms with Crippen molar-refractivity contribution >= 4 is 5.69 Å². The minimum Gasteiger partial charge on any atom is -0.487 e. The highest BCUT2D eigenvalue weighted by atomic mass is 16.5. The molecule has 0 fully saturated rings. The van der Waals surface area contributed by atoms with Crippen molar-refractivity contribution in [2.75, 3.05) is 25.4 Å². The molecule has 0 aliphatic heterocycles. The van der Waals surface area contributed by atoms with Crippen molar-refractivity contribution in [1.29, 1.82) is 0 Å². The Kier molecular flexibility index (Phi) is 6.74. The van der Waals surface area contributed by atoms with E-state index in [1.54, 1.807) is 0 Å². The lowest BCUT2D eigenvalue weighted by Crippen LogP contribution is -2.19. The first-order valence-electron chi connectivity index (χ1n) is 7.66. The molecule has 0 heterocycles. The van der Waals surface area contributed by atoms with Crippen LogP contribution in [0.25, 0.3) is 0 Å². The third-order valence-corrected chi connectivity index (χ3v) is 3.41. The summed E-state index contributed by atoms with van der Waals surface area (Å²) in [6, 6.07) is 16.0. The predicted octanol–water partition coefficient (Wildman–Crippen LogP) is 2.36. The van der Waals surface area contributed by atoms with E-state index in [4.69, 9.17) is 15.6 Å². The van der Waals surface area contributed by atoms with Gasteiger partial charge >= 0.3 is 0 Å². The lowest BCUT2D eigenvalue weighted by molar-refractivity contribution is 0.286. The molecule has 0 unspecified atom stereocenters. The number of nitrogens with one attached hydrogen (secondary N) is 1. The van der Waals surface area contributed by atoms with Gasteiger partial charge in [-0.2, -0.15) is 0 Å². The molecule has 2 aromatic rings. The van der Waals surface area contributed by atoms with Gasteiger partial charge in [-0.25, -0.2) is 0 Å². The first kappa shape index (κ1) is 16.3. The van der Waals surface area contributed by atoms with E-state index in [2.05, 4.69) is 5.32 Å². The van der Waals surface area contributed by atoms with E-state index >= 15 is 0 Å². The van der Waals surface area contributed by atoms with Crippen molar-refractivity contribution in [3.8, 4) is 5.75 Å². The molecule has 0 bridgehead atoms. The summed E-state index contributed by atoms with van der Waals surface area (Å²) in [5.74, 6) is 0.723. The maximum Gasteiger partial charge on any atom is 0.142 e. The highest BCUT2D eigenvalue weighted by Gasteiger charge is 2.03. The summed E-state index contributed by atoms with van der Waals surface area (Å²) in [4.78, 5) is 0. The van der Waals surface area contributed by atoms with Gasteiger partial charge in [0, 0.05) is 6.61 Å². The molecule has 0 radical (unpaired) electrons. The van der Waals surface area contributed by atoms with Crippen LogP contribution in [0.3, 0.4) is 0 Å². The minimum absolute atomic E-state index is 0.230. The fraction of sp³-hybridized carbons (Fsp3) is 0.333. The zero-order valence-electron chi connectivity index (χ0n) is 12.8. The van der Waals surface area contributed by atoms with Gasteiger partial charge in [0.05, 0.1) is 5.69 Å². The number of nitrogen functional groups attached to an aromatic ring is 1. The van der Waals surface area contributed by atoms with Crippen molar-refractivity contribution in [2.45, 2.75) is 19.4 Å². The molecule has 2 rings (SSSR count). The maximum atomic E-state index is 8.71. The van der Waals surface area contributed by atoms with Crippen LogP contribution in [-0.2, 0) is 13.0 Å². The van der Waals surface area contributed by atoms with Gasteiger partial charge in [0.1, 0.15) is 12.4 Å². The number of aliphatic hydroxyl groups is 1. The van der Waals surface area contributed by atoms with E-state index < -0.39 is 0 Å². The fourth-order valence-electron chi connectivity index (χ4n) is 2.18. The van der Waals surface area contributed by atoms with Crippen molar-refractivity contribution < 1.29 is 9.84 Å². The quantitative estimate of drug-likeness (QED) is 0.491. The lowest BCUT2D eigenvalue weighted by atomic mass is 10.1. The Labute approximate surface area is 131 Å². The second-order valence-electron chi connectivity index (χ2n) is 5.22. The zero-order valence-corrected chi connectivity index (χ0v) is 12.8. The van der Waals surface area contributed by atoms with Gasteiger partial charge < -0.3 is 20.9 Å². The Morgan fingerprint density at radius 1 is 1.00 bits per heavy atom. The van der Waals surface area contributed by atoms with Crippen LogP contribution in [0.5, 0.6) is 5.75 Å². The molecule has 0 aliphatic carbocycles. The molecular weight excluding hydrogens is 276 g/mol. The summed E-state index contributed by atoms with van der Waals surface area (Å²) in [7, 11) is 0. The number of anilines is 1. The van der Waals surface area contributed by atoms with Crippen LogP contribution in [0.15, 0.2) is 48.5 Å². The molecular formula is C18H24N2O2. The third-order valence-electron chi connectivity index (χ3n) is 3.41. The highest BCUT2D eigenvalue weighted by molar-refractivity contribution is 5.54. The number of aliphatic hydroxyl groups excluding tert-OH is 1. The van der Waals surface area contributed by atoms with E-state index in [1.165, 1.54) is 5.56 Å². The number of hydrogen-bond donors (Lipinski definition) is 3. The summed E-state index contributed by atoms with van der Waals surface area (Å²) in [5, 5.41) is 12.0. The molecule has 0 spiro atoms. The summed E-state index contributed by atoms with van der Waals surface area (Å²) in [5.41, 5.74) is 9.03. The predicted molar refractivity (Wildman–Crippen MR) is 89.9 cm³/mol. The van der Waals surface area contributed by atoms with Gasteiger partial charge in [0.15, 0.2) is 0 Å². The third kappa shape index (κ3) is 5.39. The first-order valence-corrected chi connectivity index (χ1v) is 7.66. The Bertz CT molecular complexity index is 558. The summed E-state index contributed by atoms with van der Waals surface area (Å²) in [6.07, 6.45) is 1.70. The summed E-state index contributed by atoms with van der Waals surface area (Å²) < 4.78 is 5.77. The molecule has 118 valence electrons. The van der Waals surface area contributed by atoms with Crippen LogP contribution in [-0.4, -0.2) is 24.8 Å². The van der Waals surface area contributed by atoms with Crippen LogP contribution in [0, 0.1) is 0 Å².